The van der Waals surface area contributed by atoms with Gasteiger partial charge in [0.25, 0.3) is 0 Å². The summed E-state index contributed by atoms with van der Waals surface area (Å²) in [6.45, 7) is 0. The first kappa shape index (κ1) is 18.1. The van der Waals surface area contributed by atoms with E-state index >= 15 is 0 Å². The van der Waals surface area contributed by atoms with Crippen molar-refractivity contribution in [2.24, 2.45) is 0 Å². The molecule has 4 heterocycles. The number of para-hydroxylation sites is 1. The summed E-state index contributed by atoms with van der Waals surface area (Å²) in [6.07, 6.45) is 5.38. The van der Waals surface area contributed by atoms with E-state index in [0.29, 0.717) is 5.95 Å². The van der Waals surface area contributed by atoms with Crippen molar-refractivity contribution in [1.29, 1.82) is 0 Å². The molecule has 0 amide bonds. The zero-order valence-electron chi connectivity index (χ0n) is 17.8. The number of hydrogen-bond acceptors (Lipinski definition) is 5. The summed E-state index contributed by atoms with van der Waals surface area (Å²) >= 11 is 1.81. The molecule has 0 radical (unpaired) electrons. The number of hydrogen-bond donors (Lipinski definition) is 0. The minimum atomic E-state index is 0.641. The van der Waals surface area contributed by atoms with E-state index in [1.807, 2.05) is 47.9 Å². The zero-order valence-corrected chi connectivity index (χ0v) is 18.6. The molecule has 4 aromatic heterocycles. The Hall–Kier alpha value is -4.42. The minimum absolute atomic E-state index is 0.641. The lowest BCUT2D eigenvalue weighted by Crippen LogP contribution is -2.02. The first-order chi connectivity index (χ1) is 16.9. The van der Waals surface area contributed by atoms with Crippen LogP contribution in [0.3, 0.4) is 0 Å². The maximum absolute atomic E-state index is 4.99. The van der Waals surface area contributed by atoms with Crippen molar-refractivity contribution in [3.63, 3.8) is 0 Å². The summed E-state index contributed by atoms with van der Waals surface area (Å²) in [5.41, 5.74) is 4.72. The third-order valence-corrected chi connectivity index (χ3v) is 7.74. The highest BCUT2D eigenvalue weighted by atomic mass is 32.1. The first-order valence-corrected chi connectivity index (χ1v) is 11.9. The largest absolute Gasteiger partial charge is 0.274 e. The van der Waals surface area contributed by atoms with Crippen LogP contribution in [0, 0.1) is 0 Å². The number of fused-ring (bicyclic) bond motifs is 10. The molecule has 0 fully saturated rings. The van der Waals surface area contributed by atoms with E-state index in [2.05, 4.69) is 52.0 Å². The van der Waals surface area contributed by atoms with Crippen LogP contribution >= 0.6 is 11.3 Å². The van der Waals surface area contributed by atoms with Crippen molar-refractivity contribution < 1.29 is 0 Å². The third-order valence-electron chi connectivity index (χ3n) is 6.55. The summed E-state index contributed by atoms with van der Waals surface area (Å²) in [6, 6.07) is 25.3. The Bertz CT molecular complexity index is 2090. The highest BCUT2D eigenvalue weighted by molar-refractivity contribution is 7.26. The molecule has 0 spiro atoms. The molecule has 8 aromatic rings. The van der Waals surface area contributed by atoms with E-state index in [-0.39, 0.29) is 0 Å². The van der Waals surface area contributed by atoms with Gasteiger partial charge < -0.3 is 0 Å². The molecule has 0 N–H and O–H groups in total. The molecular formula is C28H15N5S. The summed E-state index contributed by atoms with van der Waals surface area (Å²) in [4.78, 5) is 19.1. The van der Waals surface area contributed by atoms with Gasteiger partial charge in [-0.2, -0.15) is 0 Å². The lowest BCUT2D eigenvalue weighted by Gasteiger charge is -2.08. The van der Waals surface area contributed by atoms with Crippen molar-refractivity contribution in [1.82, 2.24) is 24.5 Å². The van der Waals surface area contributed by atoms with Gasteiger partial charge in [-0.1, -0.05) is 48.5 Å². The molecule has 0 unspecified atom stereocenters. The fourth-order valence-corrected chi connectivity index (χ4v) is 6.30. The molecule has 0 aliphatic rings. The van der Waals surface area contributed by atoms with Gasteiger partial charge >= 0.3 is 0 Å². The molecule has 34 heavy (non-hydrogen) atoms. The number of rotatable bonds is 1. The zero-order chi connectivity index (χ0) is 22.2. The minimum Gasteiger partial charge on any atom is -0.274 e. The van der Waals surface area contributed by atoms with Gasteiger partial charge in [0.1, 0.15) is 5.52 Å². The molecule has 8 rings (SSSR count). The lowest BCUT2D eigenvalue weighted by atomic mass is 10.1. The highest BCUT2D eigenvalue weighted by Gasteiger charge is 2.21. The van der Waals surface area contributed by atoms with Crippen LogP contribution in [0.2, 0.25) is 0 Å². The average molecular weight is 454 g/mol. The SMILES string of the molecule is c1ccc2nc(-n3c4c(ccc5nccnc54)c4ccc5c6ccccc6sc5c43)ncc2c1. The molecule has 0 aliphatic carbocycles. The molecule has 158 valence electrons. The Balaban J connectivity index is 1.65. The van der Waals surface area contributed by atoms with Gasteiger partial charge in [-0.3, -0.25) is 14.5 Å². The van der Waals surface area contributed by atoms with E-state index in [0.717, 1.165) is 38.4 Å². The van der Waals surface area contributed by atoms with Crippen LogP contribution in [-0.4, -0.2) is 24.5 Å². The van der Waals surface area contributed by atoms with Gasteiger partial charge in [0.2, 0.25) is 5.95 Å². The fourth-order valence-electron chi connectivity index (χ4n) is 5.06. The Morgan fingerprint density at radius 1 is 0.618 bits per heavy atom. The molecule has 0 atom stereocenters. The van der Waals surface area contributed by atoms with Gasteiger partial charge in [0, 0.05) is 50.2 Å². The van der Waals surface area contributed by atoms with Gasteiger partial charge in [-0.15, -0.1) is 11.3 Å². The van der Waals surface area contributed by atoms with E-state index in [1.165, 1.54) is 25.6 Å². The van der Waals surface area contributed by atoms with Crippen molar-refractivity contribution in [2.75, 3.05) is 0 Å². The molecule has 4 aromatic carbocycles. The van der Waals surface area contributed by atoms with Crippen LogP contribution in [0.25, 0.3) is 69.9 Å². The van der Waals surface area contributed by atoms with Crippen LogP contribution in [0.5, 0.6) is 0 Å². The number of benzene rings is 4. The van der Waals surface area contributed by atoms with Crippen LogP contribution in [0.15, 0.2) is 91.4 Å². The Kier molecular flexibility index (Phi) is 3.48. The molecule has 0 saturated heterocycles. The fraction of sp³-hybridized carbons (Fsp3) is 0. The molecule has 6 heteroatoms. The smallest absolute Gasteiger partial charge is 0.235 e. The average Bonchev–Trinajstić information content (AvgIpc) is 3.44. The Morgan fingerprint density at radius 3 is 2.41 bits per heavy atom. The standard InChI is InChI=1S/C28H15N5S/c1-3-7-21-16(5-1)15-31-28(32-21)33-25-18(11-12-22-24(25)30-14-13-29-22)19-9-10-20-17-6-2-4-8-23(17)34-27(20)26(19)33/h1-15H. The summed E-state index contributed by atoms with van der Waals surface area (Å²) in [5.74, 6) is 0.641. The Labute approximate surface area is 197 Å². The number of nitrogens with zero attached hydrogens (tertiary/aromatic N) is 5. The second-order valence-electron chi connectivity index (χ2n) is 8.39. The topological polar surface area (TPSA) is 56.5 Å². The monoisotopic (exact) mass is 453 g/mol. The molecular weight excluding hydrogens is 438 g/mol. The normalized spacial score (nSPS) is 12.1. The van der Waals surface area contributed by atoms with Crippen LogP contribution < -0.4 is 0 Å². The van der Waals surface area contributed by atoms with Gasteiger partial charge in [0.05, 0.1) is 26.8 Å². The van der Waals surface area contributed by atoms with Crippen LogP contribution in [0.1, 0.15) is 0 Å². The molecule has 5 nitrogen and oxygen atoms in total. The quantitative estimate of drug-likeness (QED) is 0.267. The number of thiophene rings is 1. The first-order valence-electron chi connectivity index (χ1n) is 11.1. The molecule has 0 aliphatic heterocycles. The second kappa shape index (κ2) is 6.56. The van der Waals surface area contributed by atoms with E-state index < -0.39 is 0 Å². The van der Waals surface area contributed by atoms with Crippen molar-refractivity contribution >= 4 is 75.3 Å². The lowest BCUT2D eigenvalue weighted by molar-refractivity contribution is 1.01. The Morgan fingerprint density at radius 2 is 1.41 bits per heavy atom. The summed E-state index contributed by atoms with van der Waals surface area (Å²) in [5, 5.41) is 5.82. The van der Waals surface area contributed by atoms with Gasteiger partial charge in [-0.05, 0) is 24.3 Å². The predicted octanol–water partition coefficient (Wildman–Crippen LogP) is 7.04. The highest BCUT2D eigenvalue weighted by Crippen LogP contribution is 2.43. The summed E-state index contributed by atoms with van der Waals surface area (Å²) in [7, 11) is 0. The predicted molar refractivity (Wildman–Crippen MR) is 140 cm³/mol. The second-order valence-corrected chi connectivity index (χ2v) is 9.44. The van der Waals surface area contributed by atoms with E-state index in [1.54, 1.807) is 12.4 Å². The number of aromatic nitrogens is 5. The van der Waals surface area contributed by atoms with E-state index in [4.69, 9.17) is 15.0 Å². The van der Waals surface area contributed by atoms with E-state index in [9.17, 15) is 0 Å². The van der Waals surface area contributed by atoms with Gasteiger partial charge in [-0.25, -0.2) is 9.97 Å². The molecule has 0 bridgehead atoms. The molecule has 0 saturated carbocycles. The summed E-state index contributed by atoms with van der Waals surface area (Å²) < 4.78 is 4.68. The third kappa shape index (κ3) is 2.32. The van der Waals surface area contributed by atoms with Crippen molar-refractivity contribution in [3.8, 4) is 5.95 Å². The van der Waals surface area contributed by atoms with Crippen LogP contribution in [0.4, 0.5) is 0 Å². The van der Waals surface area contributed by atoms with Gasteiger partial charge in [0.15, 0.2) is 0 Å². The maximum atomic E-state index is 4.99. The van der Waals surface area contributed by atoms with Crippen molar-refractivity contribution in [2.45, 2.75) is 0 Å². The van der Waals surface area contributed by atoms with Crippen LogP contribution in [-0.2, 0) is 0 Å². The maximum Gasteiger partial charge on any atom is 0.235 e. The van der Waals surface area contributed by atoms with Crippen molar-refractivity contribution in [3.05, 3.63) is 91.4 Å².